The lowest BCUT2D eigenvalue weighted by Gasteiger charge is -2.02. The molecule has 1 aromatic heterocycles. The molecule has 0 aliphatic carbocycles. The minimum Gasteiger partial charge on any atom is -0.508 e. The summed E-state index contributed by atoms with van der Waals surface area (Å²) in [5.74, 6) is 0.369. The van der Waals surface area contributed by atoms with Crippen molar-refractivity contribution < 1.29 is 9.90 Å². The molecule has 0 saturated carbocycles. The van der Waals surface area contributed by atoms with E-state index in [1.54, 1.807) is 18.2 Å². The highest BCUT2D eigenvalue weighted by atomic mass is 32.2. The Morgan fingerprint density at radius 2 is 2.10 bits per heavy atom. The van der Waals surface area contributed by atoms with Crippen LogP contribution >= 0.6 is 23.1 Å². The third-order valence-electron chi connectivity index (χ3n) is 2.73. The van der Waals surface area contributed by atoms with Gasteiger partial charge in [-0.15, -0.1) is 11.8 Å². The third-order valence-corrected chi connectivity index (χ3v) is 4.67. The zero-order chi connectivity index (χ0) is 14.7. The Hall–Kier alpha value is -2.05. The van der Waals surface area contributed by atoms with Crippen LogP contribution in [-0.4, -0.2) is 21.8 Å². The summed E-state index contributed by atoms with van der Waals surface area (Å²) in [4.78, 5) is 17.1. The van der Waals surface area contributed by atoms with Crippen molar-refractivity contribution in [2.24, 2.45) is 0 Å². The van der Waals surface area contributed by atoms with Gasteiger partial charge in [0.05, 0.1) is 16.0 Å². The van der Waals surface area contributed by atoms with E-state index in [1.165, 1.54) is 23.1 Å². The SMILES string of the molecule is O=C(CSc1cccc(O)c1)Nc1nc2ccccc2s1. The van der Waals surface area contributed by atoms with Crippen molar-refractivity contribution in [3.8, 4) is 5.75 Å². The molecule has 0 radical (unpaired) electrons. The van der Waals surface area contributed by atoms with Gasteiger partial charge in [0.25, 0.3) is 0 Å². The van der Waals surface area contributed by atoms with Crippen LogP contribution in [0.2, 0.25) is 0 Å². The number of para-hydroxylation sites is 1. The Balaban J connectivity index is 1.61. The Bertz CT molecular complexity index is 753. The molecule has 0 saturated heterocycles. The van der Waals surface area contributed by atoms with Gasteiger partial charge in [-0.25, -0.2) is 4.98 Å². The van der Waals surface area contributed by atoms with E-state index in [2.05, 4.69) is 10.3 Å². The molecule has 6 heteroatoms. The van der Waals surface area contributed by atoms with Gasteiger partial charge in [0.2, 0.25) is 5.91 Å². The maximum absolute atomic E-state index is 11.9. The summed E-state index contributed by atoms with van der Waals surface area (Å²) in [6, 6.07) is 14.6. The molecule has 0 fully saturated rings. The number of anilines is 1. The molecule has 0 unspecified atom stereocenters. The summed E-state index contributed by atoms with van der Waals surface area (Å²) >= 11 is 2.83. The number of hydrogen-bond acceptors (Lipinski definition) is 5. The lowest BCUT2D eigenvalue weighted by atomic mass is 10.3. The zero-order valence-corrected chi connectivity index (χ0v) is 12.6. The van der Waals surface area contributed by atoms with Gasteiger partial charge in [0, 0.05) is 4.90 Å². The molecule has 0 bridgehead atoms. The predicted octanol–water partition coefficient (Wildman–Crippen LogP) is 3.73. The van der Waals surface area contributed by atoms with Crippen LogP contribution in [0.1, 0.15) is 0 Å². The van der Waals surface area contributed by atoms with Crippen molar-refractivity contribution in [3.05, 3.63) is 48.5 Å². The van der Waals surface area contributed by atoms with Crippen LogP contribution in [0, 0.1) is 0 Å². The van der Waals surface area contributed by atoms with Gasteiger partial charge in [-0.2, -0.15) is 0 Å². The number of hydrogen-bond donors (Lipinski definition) is 2. The number of fused-ring (bicyclic) bond motifs is 1. The second kappa shape index (κ2) is 6.15. The topological polar surface area (TPSA) is 62.2 Å². The van der Waals surface area contributed by atoms with Gasteiger partial charge < -0.3 is 10.4 Å². The molecule has 2 N–H and O–H groups in total. The second-order valence-corrected chi connectivity index (χ2v) is 6.40. The fraction of sp³-hybridized carbons (Fsp3) is 0.0667. The number of aromatic hydroxyl groups is 1. The highest BCUT2D eigenvalue weighted by Crippen LogP contribution is 2.26. The number of amides is 1. The summed E-state index contributed by atoms with van der Waals surface area (Å²) in [5, 5.41) is 12.8. The summed E-state index contributed by atoms with van der Waals surface area (Å²) in [7, 11) is 0. The number of thiazole rings is 1. The van der Waals surface area contributed by atoms with Gasteiger partial charge >= 0.3 is 0 Å². The molecule has 1 heterocycles. The third kappa shape index (κ3) is 3.53. The zero-order valence-electron chi connectivity index (χ0n) is 10.9. The maximum atomic E-state index is 11.9. The summed E-state index contributed by atoms with van der Waals surface area (Å²) < 4.78 is 1.05. The van der Waals surface area contributed by atoms with E-state index < -0.39 is 0 Å². The van der Waals surface area contributed by atoms with Crippen LogP contribution in [0.15, 0.2) is 53.4 Å². The number of thioether (sulfide) groups is 1. The fourth-order valence-electron chi connectivity index (χ4n) is 1.80. The fourth-order valence-corrected chi connectivity index (χ4v) is 3.43. The molecular formula is C15H12N2O2S2. The van der Waals surface area contributed by atoms with Crippen LogP contribution < -0.4 is 5.32 Å². The van der Waals surface area contributed by atoms with E-state index >= 15 is 0 Å². The van der Waals surface area contributed by atoms with E-state index in [4.69, 9.17) is 0 Å². The number of rotatable bonds is 4. The normalized spacial score (nSPS) is 10.7. The van der Waals surface area contributed by atoms with E-state index in [9.17, 15) is 9.90 Å². The molecule has 106 valence electrons. The van der Waals surface area contributed by atoms with Crippen molar-refractivity contribution in [1.29, 1.82) is 0 Å². The number of benzene rings is 2. The molecule has 4 nitrogen and oxygen atoms in total. The molecular weight excluding hydrogens is 304 g/mol. The van der Waals surface area contributed by atoms with Crippen LogP contribution in [0.4, 0.5) is 5.13 Å². The van der Waals surface area contributed by atoms with E-state index in [1.807, 2.05) is 30.3 Å². The molecule has 0 aliphatic heterocycles. The number of carbonyl (C=O) groups is 1. The molecule has 0 atom stereocenters. The van der Waals surface area contributed by atoms with Crippen LogP contribution in [0.3, 0.4) is 0 Å². The molecule has 21 heavy (non-hydrogen) atoms. The first kappa shape index (κ1) is 13.9. The van der Waals surface area contributed by atoms with Gasteiger partial charge in [-0.1, -0.05) is 29.5 Å². The van der Waals surface area contributed by atoms with Gasteiger partial charge in [-0.3, -0.25) is 4.79 Å². The number of nitrogens with one attached hydrogen (secondary N) is 1. The minimum absolute atomic E-state index is 0.109. The lowest BCUT2D eigenvalue weighted by molar-refractivity contribution is -0.113. The first-order chi connectivity index (χ1) is 10.2. The van der Waals surface area contributed by atoms with Crippen LogP contribution in [0.5, 0.6) is 5.75 Å². The highest BCUT2D eigenvalue weighted by Gasteiger charge is 2.08. The van der Waals surface area contributed by atoms with Gasteiger partial charge in [0.1, 0.15) is 5.75 Å². The Labute approximate surface area is 129 Å². The second-order valence-electron chi connectivity index (χ2n) is 4.32. The van der Waals surface area contributed by atoms with Gasteiger partial charge in [-0.05, 0) is 30.3 Å². The quantitative estimate of drug-likeness (QED) is 0.720. The van der Waals surface area contributed by atoms with Gasteiger partial charge in [0.15, 0.2) is 5.13 Å². The largest absolute Gasteiger partial charge is 0.508 e. The molecule has 2 aromatic carbocycles. The summed E-state index contributed by atoms with van der Waals surface area (Å²) in [6.45, 7) is 0. The van der Waals surface area contributed by atoms with Crippen LogP contribution in [-0.2, 0) is 4.79 Å². The highest BCUT2D eigenvalue weighted by molar-refractivity contribution is 8.00. The minimum atomic E-state index is -0.109. The van der Waals surface area contributed by atoms with E-state index in [0.29, 0.717) is 5.13 Å². The average Bonchev–Trinajstić information content (AvgIpc) is 2.87. The standard InChI is InChI=1S/C15H12N2O2S2/c18-10-4-3-5-11(8-10)20-9-14(19)17-15-16-12-6-1-2-7-13(12)21-15/h1-8,18H,9H2,(H,16,17,19). The van der Waals surface area contributed by atoms with Crippen molar-refractivity contribution in [1.82, 2.24) is 4.98 Å². The van der Waals surface area contributed by atoms with Crippen molar-refractivity contribution in [2.45, 2.75) is 4.90 Å². The van der Waals surface area contributed by atoms with Crippen LogP contribution in [0.25, 0.3) is 10.2 Å². The van der Waals surface area contributed by atoms with Crippen molar-refractivity contribution in [2.75, 3.05) is 11.1 Å². The average molecular weight is 316 g/mol. The maximum Gasteiger partial charge on any atom is 0.236 e. The summed E-state index contributed by atoms with van der Waals surface area (Å²) in [5.41, 5.74) is 0.887. The number of nitrogens with zero attached hydrogens (tertiary/aromatic N) is 1. The lowest BCUT2D eigenvalue weighted by Crippen LogP contribution is -2.13. The number of phenolic OH excluding ortho intramolecular Hbond substituents is 1. The Morgan fingerprint density at radius 3 is 2.90 bits per heavy atom. The molecule has 3 aromatic rings. The van der Waals surface area contributed by atoms with E-state index in [-0.39, 0.29) is 17.4 Å². The smallest absolute Gasteiger partial charge is 0.236 e. The molecule has 0 spiro atoms. The molecule has 1 amide bonds. The Kier molecular flexibility index (Phi) is 4.08. The summed E-state index contributed by atoms with van der Waals surface area (Å²) in [6.07, 6.45) is 0. The monoisotopic (exact) mass is 316 g/mol. The van der Waals surface area contributed by atoms with E-state index in [0.717, 1.165) is 15.1 Å². The number of aromatic nitrogens is 1. The van der Waals surface area contributed by atoms with Crippen molar-refractivity contribution >= 4 is 44.4 Å². The molecule has 3 rings (SSSR count). The molecule has 0 aliphatic rings. The van der Waals surface area contributed by atoms with Crippen molar-refractivity contribution in [3.63, 3.8) is 0 Å². The number of phenols is 1. The first-order valence-electron chi connectivity index (χ1n) is 6.28. The Morgan fingerprint density at radius 1 is 1.24 bits per heavy atom. The number of carbonyl (C=O) groups excluding carboxylic acids is 1. The predicted molar refractivity (Wildman–Crippen MR) is 87.1 cm³/mol. The first-order valence-corrected chi connectivity index (χ1v) is 8.08.